The third-order valence-electron chi connectivity index (χ3n) is 6.99. The van der Waals surface area contributed by atoms with Gasteiger partial charge in [0.15, 0.2) is 6.20 Å². The van der Waals surface area contributed by atoms with Crippen LogP contribution in [0.1, 0.15) is 30.5 Å². The van der Waals surface area contributed by atoms with Crippen molar-refractivity contribution in [1.29, 1.82) is 0 Å². The Morgan fingerprint density at radius 1 is 0.938 bits per heavy atom. The van der Waals surface area contributed by atoms with Gasteiger partial charge in [-0.2, -0.15) is 0 Å². The van der Waals surface area contributed by atoms with Crippen molar-refractivity contribution < 1.29 is 9.30 Å². The molecule has 0 unspecified atom stereocenters. The highest BCUT2D eigenvalue weighted by molar-refractivity contribution is 6.88. The normalized spacial score (nSPS) is 13.0. The minimum atomic E-state index is -1.40. The van der Waals surface area contributed by atoms with Crippen LogP contribution in [-0.2, 0) is 13.5 Å². The number of aromatic nitrogens is 1. The van der Waals surface area contributed by atoms with Gasteiger partial charge in [-0.15, -0.1) is 0 Å². The first kappa shape index (κ1) is 21.2. The molecule has 0 atom stereocenters. The molecular weight excluding hydrogens is 406 g/mol. The maximum absolute atomic E-state index is 6.77. The molecule has 0 saturated heterocycles. The Morgan fingerprint density at radius 3 is 2.38 bits per heavy atom. The van der Waals surface area contributed by atoms with Crippen LogP contribution in [0, 0.1) is 19.8 Å². The number of nitrogens with zero attached hydrogens (tertiary/aromatic N) is 1. The molecule has 5 rings (SSSR count). The first-order valence-electron chi connectivity index (χ1n) is 11.8. The summed E-state index contributed by atoms with van der Waals surface area (Å²) < 4.78 is 9.04. The second kappa shape index (κ2) is 7.18. The molecule has 32 heavy (non-hydrogen) atoms. The molecule has 0 N–H and O–H groups in total. The molecule has 0 amide bonds. The van der Waals surface area contributed by atoms with E-state index in [-0.39, 0.29) is 0 Å². The van der Waals surface area contributed by atoms with Crippen molar-refractivity contribution in [1.82, 2.24) is 0 Å². The van der Waals surface area contributed by atoms with E-state index >= 15 is 0 Å². The molecule has 3 aromatic carbocycles. The molecule has 1 aromatic heterocycles. The van der Waals surface area contributed by atoms with Gasteiger partial charge in [-0.25, -0.2) is 4.57 Å². The molecule has 2 nitrogen and oxygen atoms in total. The SMILES string of the molecule is Cc1c2c(c(C)c3ccc([Si](C)(C)C)cc13)-c1c3c(cc(CC(C)C)cc3cc[n+]1C)O2. The smallest absolute Gasteiger partial charge is 0.228 e. The lowest BCUT2D eigenvalue weighted by Gasteiger charge is -2.25. The zero-order chi connectivity index (χ0) is 22.9. The van der Waals surface area contributed by atoms with Gasteiger partial charge in [-0.3, -0.25) is 0 Å². The van der Waals surface area contributed by atoms with E-state index in [2.05, 4.69) is 102 Å². The van der Waals surface area contributed by atoms with Gasteiger partial charge < -0.3 is 4.74 Å². The number of ether oxygens (including phenoxy) is 1. The molecule has 2 heterocycles. The third-order valence-corrected chi connectivity index (χ3v) is 9.03. The van der Waals surface area contributed by atoms with Gasteiger partial charge in [0.25, 0.3) is 0 Å². The number of hydrogen-bond donors (Lipinski definition) is 0. The predicted molar refractivity (Wildman–Crippen MR) is 139 cm³/mol. The lowest BCUT2D eigenvalue weighted by atomic mass is 9.88. The number of hydrogen-bond acceptors (Lipinski definition) is 1. The van der Waals surface area contributed by atoms with Crippen LogP contribution in [-0.4, -0.2) is 8.07 Å². The molecular formula is C29H34NOSi+. The number of fused-ring (bicyclic) bond motifs is 3. The van der Waals surface area contributed by atoms with E-state index in [1.165, 1.54) is 54.7 Å². The maximum Gasteiger partial charge on any atom is 0.228 e. The Kier molecular flexibility index (Phi) is 4.76. The van der Waals surface area contributed by atoms with Crippen molar-refractivity contribution in [2.45, 2.75) is 53.8 Å². The highest BCUT2D eigenvalue weighted by Gasteiger charge is 2.32. The molecule has 164 valence electrons. The van der Waals surface area contributed by atoms with Crippen LogP contribution in [0.15, 0.2) is 42.6 Å². The van der Waals surface area contributed by atoms with Crippen LogP contribution in [0.5, 0.6) is 11.5 Å². The third kappa shape index (κ3) is 3.17. The minimum absolute atomic E-state index is 0.614. The van der Waals surface area contributed by atoms with Crippen LogP contribution in [0.2, 0.25) is 19.6 Å². The van der Waals surface area contributed by atoms with E-state index in [4.69, 9.17) is 4.74 Å². The maximum atomic E-state index is 6.77. The van der Waals surface area contributed by atoms with E-state index in [9.17, 15) is 0 Å². The number of pyridine rings is 1. The zero-order valence-electron chi connectivity index (χ0n) is 20.7. The standard InChI is InChI=1S/C29H34NOSi/c1-17(2)13-20-14-21-11-12-30(5)28-26-18(3)23-10-9-22(32(6,7)8)16-24(23)19(4)29(26)31-25(15-20)27(21)28/h9-12,14-17H,13H2,1-8H3/q+1. The molecule has 0 aliphatic carbocycles. The summed E-state index contributed by atoms with van der Waals surface area (Å²) in [4.78, 5) is 0. The summed E-state index contributed by atoms with van der Waals surface area (Å²) in [6, 6.07) is 14.0. The fourth-order valence-corrected chi connectivity index (χ4v) is 6.44. The Balaban J connectivity index is 1.86. The van der Waals surface area contributed by atoms with Crippen molar-refractivity contribution in [2.24, 2.45) is 13.0 Å². The average molecular weight is 441 g/mol. The summed E-state index contributed by atoms with van der Waals surface area (Å²) in [5.41, 5.74) is 6.42. The highest BCUT2D eigenvalue weighted by atomic mass is 28.3. The Hall–Kier alpha value is -2.65. The molecule has 1 aliphatic rings. The molecule has 0 spiro atoms. The highest BCUT2D eigenvalue weighted by Crippen LogP contribution is 2.50. The summed E-state index contributed by atoms with van der Waals surface area (Å²) in [7, 11) is 0.755. The van der Waals surface area contributed by atoms with E-state index in [0.29, 0.717) is 5.92 Å². The second-order valence-corrected chi connectivity index (χ2v) is 16.1. The van der Waals surface area contributed by atoms with Crippen LogP contribution in [0.4, 0.5) is 0 Å². The fourth-order valence-electron chi connectivity index (χ4n) is 5.28. The summed E-state index contributed by atoms with van der Waals surface area (Å²) >= 11 is 0. The zero-order valence-corrected chi connectivity index (χ0v) is 21.7. The lowest BCUT2D eigenvalue weighted by molar-refractivity contribution is -0.659. The molecule has 0 bridgehead atoms. The van der Waals surface area contributed by atoms with E-state index in [1.54, 1.807) is 0 Å². The number of aryl methyl sites for hydroxylation is 3. The van der Waals surface area contributed by atoms with Gasteiger partial charge in [0.1, 0.15) is 18.5 Å². The van der Waals surface area contributed by atoms with E-state index in [1.807, 2.05) is 0 Å². The van der Waals surface area contributed by atoms with Crippen LogP contribution < -0.4 is 14.5 Å². The number of rotatable bonds is 3. The van der Waals surface area contributed by atoms with Crippen LogP contribution >= 0.6 is 0 Å². The molecule has 1 aliphatic heterocycles. The van der Waals surface area contributed by atoms with Crippen LogP contribution in [0.25, 0.3) is 32.8 Å². The van der Waals surface area contributed by atoms with Gasteiger partial charge in [-0.1, -0.05) is 62.9 Å². The minimum Gasteiger partial charge on any atom is -0.455 e. The van der Waals surface area contributed by atoms with Gasteiger partial charge >= 0.3 is 0 Å². The molecule has 4 aromatic rings. The predicted octanol–water partition coefficient (Wildman–Crippen LogP) is 6.95. The quantitative estimate of drug-likeness (QED) is 0.218. The first-order chi connectivity index (χ1) is 15.1. The summed E-state index contributed by atoms with van der Waals surface area (Å²) in [5, 5.41) is 6.66. The van der Waals surface area contributed by atoms with Crippen molar-refractivity contribution in [3.8, 4) is 22.8 Å². The largest absolute Gasteiger partial charge is 0.455 e. The van der Waals surface area contributed by atoms with Gasteiger partial charge in [-0.05, 0) is 59.5 Å². The topological polar surface area (TPSA) is 13.1 Å². The van der Waals surface area contributed by atoms with Crippen molar-refractivity contribution >= 4 is 34.8 Å². The monoisotopic (exact) mass is 440 g/mol. The molecule has 0 fully saturated rings. The van der Waals surface area contributed by atoms with Gasteiger partial charge in [0.05, 0.1) is 19.0 Å². The summed E-state index contributed by atoms with van der Waals surface area (Å²) in [6.45, 7) is 16.3. The van der Waals surface area contributed by atoms with Crippen molar-refractivity contribution in [3.63, 3.8) is 0 Å². The first-order valence-corrected chi connectivity index (χ1v) is 15.3. The fraction of sp³-hybridized carbons (Fsp3) is 0.345. The Labute approximate surface area is 192 Å². The molecule has 0 radical (unpaired) electrons. The molecule has 3 heteroatoms. The van der Waals surface area contributed by atoms with E-state index < -0.39 is 8.07 Å². The Bertz CT molecular complexity index is 1410. The van der Waals surface area contributed by atoms with Crippen molar-refractivity contribution in [2.75, 3.05) is 0 Å². The lowest BCUT2D eigenvalue weighted by Crippen LogP contribution is -2.37. The van der Waals surface area contributed by atoms with Crippen LogP contribution in [0.3, 0.4) is 0 Å². The molecule has 0 saturated carbocycles. The average Bonchev–Trinajstić information content (AvgIpc) is 2.72. The number of benzene rings is 3. The summed E-state index contributed by atoms with van der Waals surface area (Å²) in [5.74, 6) is 2.64. The second-order valence-electron chi connectivity index (χ2n) is 11.0. The van der Waals surface area contributed by atoms with E-state index in [0.717, 1.165) is 17.9 Å². The Morgan fingerprint density at radius 2 is 1.69 bits per heavy atom. The van der Waals surface area contributed by atoms with Gasteiger partial charge in [0, 0.05) is 11.6 Å². The van der Waals surface area contributed by atoms with Crippen molar-refractivity contribution in [3.05, 3.63) is 59.3 Å². The summed E-state index contributed by atoms with van der Waals surface area (Å²) in [6.07, 6.45) is 3.26. The van der Waals surface area contributed by atoms with Gasteiger partial charge in [0.2, 0.25) is 5.69 Å².